The number of carbonyl (C=O) groups is 2. The van der Waals surface area contributed by atoms with Gasteiger partial charge in [-0.25, -0.2) is 4.39 Å². The maximum absolute atomic E-state index is 13.3. The number of aryl methyl sites for hydroxylation is 1. The number of methoxy groups -OCH3 is 1. The van der Waals surface area contributed by atoms with Crippen LogP contribution in [0.15, 0.2) is 78.4 Å². The number of hydrogen-bond acceptors (Lipinski definition) is 4. The smallest absolute Gasteiger partial charge is 0.295 e. The van der Waals surface area contributed by atoms with Crippen molar-refractivity contribution in [3.63, 3.8) is 0 Å². The second-order valence-electron chi connectivity index (χ2n) is 7.65. The number of halogens is 1. The number of aliphatic hydroxyl groups excluding tert-OH is 1. The Kier molecular flexibility index (Phi) is 5.77. The zero-order valence-electron chi connectivity index (χ0n) is 17.7. The van der Waals surface area contributed by atoms with Crippen LogP contribution in [0, 0.1) is 12.7 Å². The van der Waals surface area contributed by atoms with Gasteiger partial charge in [-0.3, -0.25) is 9.59 Å². The van der Waals surface area contributed by atoms with Crippen molar-refractivity contribution >= 4 is 17.4 Å². The summed E-state index contributed by atoms with van der Waals surface area (Å²) in [6.07, 6.45) is 0. The van der Waals surface area contributed by atoms with E-state index >= 15 is 0 Å². The van der Waals surface area contributed by atoms with Crippen LogP contribution in [0.2, 0.25) is 0 Å². The van der Waals surface area contributed by atoms with Crippen LogP contribution >= 0.6 is 0 Å². The van der Waals surface area contributed by atoms with Gasteiger partial charge in [-0.2, -0.15) is 0 Å². The summed E-state index contributed by atoms with van der Waals surface area (Å²) in [6.45, 7) is 1.93. The van der Waals surface area contributed by atoms with Gasteiger partial charge < -0.3 is 14.7 Å². The van der Waals surface area contributed by atoms with Crippen LogP contribution in [-0.2, 0) is 16.1 Å². The van der Waals surface area contributed by atoms with Crippen molar-refractivity contribution < 1.29 is 23.8 Å². The van der Waals surface area contributed by atoms with Crippen LogP contribution in [-0.4, -0.2) is 28.8 Å². The molecule has 1 aliphatic heterocycles. The number of carbonyl (C=O) groups excluding carboxylic acids is 2. The number of ketones is 1. The van der Waals surface area contributed by atoms with E-state index in [1.807, 2.05) is 25.1 Å². The first-order chi connectivity index (χ1) is 15.4. The maximum atomic E-state index is 13.3. The number of Topliss-reactive ketones (excluding diaryl/α,β-unsaturated/α-hetero) is 1. The minimum absolute atomic E-state index is 0.0212. The Bertz CT molecular complexity index is 1200. The molecule has 0 saturated carbocycles. The normalized spacial score (nSPS) is 17.6. The minimum atomic E-state index is -0.774. The molecule has 32 heavy (non-hydrogen) atoms. The van der Waals surface area contributed by atoms with E-state index in [1.54, 1.807) is 49.6 Å². The number of amides is 1. The lowest BCUT2D eigenvalue weighted by atomic mass is 9.94. The molecule has 1 fully saturated rings. The molecular formula is C26H22FNO4. The Balaban J connectivity index is 1.84. The van der Waals surface area contributed by atoms with Crippen molar-refractivity contribution in [3.8, 4) is 5.75 Å². The van der Waals surface area contributed by atoms with E-state index in [2.05, 4.69) is 0 Å². The molecule has 0 aromatic heterocycles. The van der Waals surface area contributed by atoms with Crippen molar-refractivity contribution in [1.29, 1.82) is 0 Å². The number of aliphatic hydroxyl groups is 1. The van der Waals surface area contributed by atoms with Crippen LogP contribution in [0.5, 0.6) is 5.75 Å². The van der Waals surface area contributed by atoms with E-state index in [1.165, 1.54) is 17.0 Å². The highest BCUT2D eigenvalue weighted by Gasteiger charge is 2.46. The van der Waals surface area contributed by atoms with Crippen molar-refractivity contribution in [2.45, 2.75) is 19.5 Å². The van der Waals surface area contributed by atoms with Crippen molar-refractivity contribution in [2.24, 2.45) is 0 Å². The molecule has 6 heteroatoms. The number of hydrogen-bond donors (Lipinski definition) is 1. The number of rotatable bonds is 5. The van der Waals surface area contributed by atoms with Crippen LogP contribution in [0.1, 0.15) is 28.3 Å². The second kappa shape index (κ2) is 8.67. The molecule has 1 aliphatic rings. The Labute approximate surface area is 185 Å². The van der Waals surface area contributed by atoms with Crippen LogP contribution < -0.4 is 4.74 Å². The standard InChI is InChI=1S/C26H22FNO4/c1-16-14-19(10-13-21(16)32-2)24(29)22-23(18-6-4-3-5-7-18)28(26(31)25(22)30)15-17-8-11-20(27)12-9-17/h3-14,23,29H,15H2,1-2H3/b24-22-. The lowest BCUT2D eigenvalue weighted by Crippen LogP contribution is -2.29. The molecule has 1 amide bonds. The zero-order chi connectivity index (χ0) is 22.8. The molecule has 1 heterocycles. The fourth-order valence-electron chi connectivity index (χ4n) is 3.99. The maximum Gasteiger partial charge on any atom is 0.295 e. The summed E-state index contributed by atoms with van der Waals surface area (Å²) < 4.78 is 18.6. The van der Waals surface area contributed by atoms with Gasteiger partial charge in [0.05, 0.1) is 18.7 Å². The second-order valence-corrected chi connectivity index (χ2v) is 7.65. The number of likely N-dealkylation sites (tertiary alicyclic amines) is 1. The molecule has 162 valence electrons. The molecule has 0 spiro atoms. The predicted octanol–water partition coefficient (Wildman–Crippen LogP) is 4.76. The lowest BCUT2D eigenvalue weighted by molar-refractivity contribution is -0.140. The van der Waals surface area contributed by atoms with Crippen molar-refractivity contribution in [1.82, 2.24) is 4.90 Å². The first-order valence-electron chi connectivity index (χ1n) is 10.1. The average Bonchev–Trinajstić information content (AvgIpc) is 3.05. The number of ether oxygens (including phenoxy) is 1. The van der Waals surface area contributed by atoms with E-state index in [0.717, 1.165) is 5.56 Å². The summed E-state index contributed by atoms with van der Waals surface area (Å²) >= 11 is 0. The molecule has 1 atom stereocenters. The molecule has 3 aromatic rings. The summed E-state index contributed by atoms with van der Waals surface area (Å²) in [5.41, 5.74) is 2.60. The van der Waals surface area contributed by atoms with Gasteiger partial charge in [0.1, 0.15) is 17.3 Å². The molecule has 1 saturated heterocycles. The quantitative estimate of drug-likeness (QED) is 0.359. The van der Waals surface area contributed by atoms with Gasteiger partial charge >= 0.3 is 0 Å². The third kappa shape index (κ3) is 3.87. The molecule has 5 nitrogen and oxygen atoms in total. The fraction of sp³-hybridized carbons (Fsp3) is 0.154. The minimum Gasteiger partial charge on any atom is -0.507 e. The van der Waals surface area contributed by atoms with Gasteiger partial charge in [-0.1, -0.05) is 42.5 Å². The van der Waals surface area contributed by atoms with Gasteiger partial charge in [0.15, 0.2) is 0 Å². The van der Waals surface area contributed by atoms with Gasteiger partial charge in [-0.05, 0) is 53.9 Å². The molecule has 0 bridgehead atoms. The third-order valence-electron chi connectivity index (χ3n) is 5.59. The summed E-state index contributed by atoms with van der Waals surface area (Å²) in [5, 5.41) is 11.1. The fourth-order valence-corrected chi connectivity index (χ4v) is 3.99. The van der Waals surface area contributed by atoms with Gasteiger partial charge in [0.2, 0.25) is 0 Å². The third-order valence-corrected chi connectivity index (χ3v) is 5.59. The largest absolute Gasteiger partial charge is 0.507 e. The summed E-state index contributed by atoms with van der Waals surface area (Å²) in [6, 6.07) is 19.1. The molecule has 1 unspecified atom stereocenters. The Morgan fingerprint density at radius 3 is 2.34 bits per heavy atom. The van der Waals surface area contributed by atoms with Crippen molar-refractivity contribution in [2.75, 3.05) is 7.11 Å². The molecule has 0 aliphatic carbocycles. The SMILES string of the molecule is COc1ccc(/C(O)=C2/C(=O)C(=O)N(Cc3ccc(F)cc3)C2c2ccccc2)cc1C. The summed E-state index contributed by atoms with van der Waals surface area (Å²) in [5.74, 6) is -1.45. The number of nitrogens with zero attached hydrogens (tertiary/aromatic N) is 1. The Hall–Kier alpha value is -3.93. The summed E-state index contributed by atoms with van der Waals surface area (Å²) in [4.78, 5) is 27.5. The molecule has 0 radical (unpaired) electrons. The zero-order valence-corrected chi connectivity index (χ0v) is 17.7. The molecule has 1 N–H and O–H groups in total. The molecular weight excluding hydrogens is 409 g/mol. The highest BCUT2D eigenvalue weighted by atomic mass is 19.1. The molecule has 4 rings (SSSR count). The van der Waals surface area contributed by atoms with E-state index in [9.17, 15) is 19.1 Å². The van der Waals surface area contributed by atoms with E-state index < -0.39 is 17.7 Å². The monoisotopic (exact) mass is 431 g/mol. The Morgan fingerprint density at radius 2 is 1.72 bits per heavy atom. The van der Waals surface area contributed by atoms with Gasteiger partial charge in [-0.15, -0.1) is 0 Å². The average molecular weight is 431 g/mol. The predicted molar refractivity (Wildman–Crippen MR) is 118 cm³/mol. The van der Waals surface area contributed by atoms with E-state index in [0.29, 0.717) is 22.4 Å². The summed E-state index contributed by atoms with van der Waals surface area (Å²) in [7, 11) is 1.55. The van der Waals surface area contributed by atoms with Gasteiger partial charge in [0, 0.05) is 12.1 Å². The first kappa shape index (κ1) is 21.3. The van der Waals surface area contributed by atoms with Gasteiger partial charge in [0.25, 0.3) is 11.7 Å². The van der Waals surface area contributed by atoms with E-state index in [4.69, 9.17) is 4.74 Å². The van der Waals surface area contributed by atoms with Crippen LogP contribution in [0.3, 0.4) is 0 Å². The van der Waals surface area contributed by atoms with E-state index in [-0.39, 0.29) is 23.7 Å². The van der Waals surface area contributed by atoms with Crippen LogP contribution in [0.4, 0.5) is 4.39 Å². The van der Waals surface area contributed by atoms with Crippen molar-refractivity contribution in [3.05, 3.63) is 106 Å². The molecule has 3 aromatic carbocycles. The van der Waals surface area contributed by atoms with Crippen LogP contribution in [0.25, 0.3) is 5.76 Å². The first-order valence-corrected chi connectivity index (χ1v) is 10.1. The lowest BCUT2D eigenvalue weighted by Gasteiger charge is -2.25. The number of benzene rings is 3. The topological polar surface area (TPSA) is 66.8 Å². The Morgan fingerprint density at radius 1 is 1.03 bits per heavy atom. The highest BCUT2D eigenvalue weighted by molar-refractivity contribution is 6.46. The highest BCUT2D eigenvalue weighted by Crippen LogP contribution is 2.40.